The van der Waals surface area contributed by atoms with E-state index in [9.17, 15) is 4.79 Å². The maximum absolute atomic E-state index is 13.6. The van der Waals surface area contributed by atoms with Crippen molar-refractivity contribution in [3.63, 3.8) is 0 Å². The summed E-state index contributed by atoms with van der Waals surface area (Å²) in [6, 6.07) is 11.0. The fraction of sp³-hybridized carbons (Fsp3) is 0.440. The van der Waals surface area contributed by atoms with Gasteiger partial charge in [0.1, 0.15) is 0 Å². The topological polar surface area (TPSA) is 67.2 Å². The van der Waals surface area contributed by atoms with E-state index in [1.165, 1.54) is 28.5 Å². The van der Waals surface area contributed by atoms with Crippen LogP contribution in [0.2, 0.25) is 0 Å². The van der Waals surface area contributed by atoms with Crippen molar-refractivity contribution in [1.82, 2.24) is 25.1 Å². The molecule has 2 aromatic carbocycles. The van der Waals surface area contributed by atoms with Crippen LogP contribution in [0.15, 0.2) is 35.5 Å². The third-order valence-corrected chi connectivity index (χ3v) is 7.74. The minimum absolute atomic E-state index is 0.119. The van der Waals surface area contributed by atoms with Crippen LogP contribution >= 0.6 is 11.8 Å². The van der Waals surface area contributed by atoms with E-state index < -0.39 is 0 Å². The SMILES string of the molecule is Cc1cc(C)c(-n2nnnc2SCC(=O)N2c3ccc(C)cc3[C@H]3CN(C)CC[C@@H]32)c(C)c1. The van der Waals surface area contributed by atoms with Gasteiger partial charge in [-0.2, -0.15) is 4.68 Å². The van der Waals surface area contributed by atoms with Gasteiger partial charge in [0.2, 0.25) is 11.1 Å². The predicted octanol–water partition coefficient (Wildman–Crippen LogP) is 3.82. The molecule has 2 aliphatic rings. The Kier molecular flexibility index (Phi) is 5.74. The van der Waals surface area contributed by atoms with Crippen LogP contribution in [0.1, 0.15) is 40.2 Å². The number of hydrogen-bond donors (Lipinski definition) is 0. The summed E-state index contributed by atoms with van der Waals surface area (Å²) in [4.78, 5) is 18.0. The number of tetrazole rings is 1. The first kappa shape index (κ1) is 22.1. The number of nitrogens with zero attached hydrogens (tertiary/aromatic N) is 6. The molecule has 5 rings (SSSR count). The number of fused-ring (bicyclic) bond motifs is 3. The lowest BCUT2D eigenvalue weighted by Gasteiger charge is -2.36. The highest BCUT2D eigenvalue weighted by atomic mass is 32.2. The Hall–Kier alpha value is -2.71. The van der Waals surface area contributed by atoms with Gasteiger partial charge in [-0.15, -0.1) is 5.10 Å². The van der Waals surface area contributed by atoms with E-state index in [2.05, 4.69) is 90.4 Å². The highest BCUT2D eigenvalue weighted by molar-refractivity contribution is 7.99. The Morgan fingerprint density at radius 2 is 1.85 bits per heavy atom. The highest BCUT2D eigenvalue weighted by Gasteiger charge is 2.43. The first-order chi connectivity index (χ1) is 15.8. The number of amides is 1. The zero-order valence-corrected chi connectivity index (χ0v) is 20.7. The van der Waals surface area contributed by atoms with Gasteiger partial charge in [0, 0.05) is 24.2 Å². The van der Waals surface area contributed by atoms with Crippen molar-refractivity contribution >= 4 is 23.4 Å². The lowest BCUT2D eigenvalue weighted by molar-refractivity contribution is -0.116. The molecule has 7 nitrogen and oxygen atoms in total. The van der Waals surface area contributed by atoms with E-state index in [4.69, 9.17) is 0 Å². The molecule has 2 atom stereocenters. The fourth-order valence-electron chi connectivity index (χ4n) is 5.52. The summed E-state index contributed by atoms with van der Waals surface area (Å²) in [6.07, 6.45) is 0.991. The summed E-state index contributed by atoms with van der Waals surface area (Å²) in [5.41, 5.74) is 8.05. The second-order valence-corrected chi connectivity index (χ2v) is 10.4. The maximum atomic E-state index is 13.6. The van der Waals surface area contributed by atoms with E-state index in [1.54, 1.807) is 4.68 Å². The number of likely N-dealkylation sites (tertiary alicyclic amines) is 1. The molecule has 3 aromatic rings. The van der Waals surface area contributed by atoms with Crippen molar-refractivity contribution in [3.8, 4) is 5.69 Å². The Morgan fingerprint density at radius 3 is 2.61 bits per heavy atom. The molecular formula is C25H30N6OS. The molecule has 0 bridgehead atoms. The average molecular weight is 463 g/mol. The van der Waals surface area contributed by atoms with Crippen LogP contribution in [0.25, 0.3) is 5.69 Å². The van der Waals surface area contributed by atoms with E-state index in [1.807, 2.05) is 0 Å². The Morgan fingerprint density at radius 1 is 1.09 bits per heavy atom. The Bertz CT molecular complexity index is 1200. The zero-order chi connectivity index (χ0) is 23.3. The van der Waals surface area contributed by atoms with Crippen LogP contribution in [0.4, 0.5) is 5.69 Å². The predicted molar refractivity (Wildman–Crippen MR) is 131 cm³/mol. The van der Waals surface area contributed by atoms with Gasteiger partial charge in [-0.05, 0) is 80.9 Å². The first-order valence-electron chi connectivity index (χ1n) is 11.4. The molecule has 0 N–H and O–H groups in total. The summed E-state index contributed by atoms with van der Waals surface area (Å²) >= 11 is 1.41. The number of piperidine rings is 1. The Labute approximate surface area is 199 Å². The number of aromatic nitrogens is 4. The molecule has 0 spiro atoms. The number of anilines is 1. The van der Waals surface area contributed by atoms with E-state index in [0.29, 0.717) is 16.8 Å². The first-order valence-corrected chi connectivity index (χ1v) is 12.4. The second kappa shape index (κ2) is 8.57. The van der Waals surface area contributed by atoms with E-state index in [-0.39, 0.29) is 11.9 Å². The van der Waals surface area contributed by atoms with Crippen molar-refractivity contribution in [2.75, 3.05) is 30.8 Å². The molecule has 1 saturated heterocycles. The lowest BCUT2D eigenvalue weighted by Crippen LogP contribution is -2.47. The van der Waals surface area contributed by atoms with Crippen molar-refractivity contribution in [3.05, 3.63) is 58.1 Å². The molecule has 33 heavy (non-hydrogen) atoms. The fourth-order valence-corrected chi connectivity index (χ4v) is 6.25. The summed E-state index contributed by atoms with van der Waals surface area (Å²) < 4.78 is 1.77. The number of thioether (sulfide) groups is 1. The van der Waals surface area contributed by atoms with Gasteiger partial charge < -0.3 is 9.80 Å². The van der Waals surface area contributed by atoms with Crippen molar-refractivity contribution < 1.29 is 4.79 Å². The molecule has 1 fully saturated rings. The van der Waals surface area contributed by atoms with E-state index in [0.717, 1.165) is 42.0 Å². The molecule has 0 radical (unpaired) electrons. The van der Waals surface area contributed by atoms with Crippen LogP contribution in [0, 0.1) is 27.7 Å². The molecule has 1 amide bonds. The quantitative estimate of drug-likeness (QED) is 0.549. The number of aryl methyl sites for hydroxylation is 4. The lowest BCUT2D eigenvalue weighted by atomic mass is 9.89. The minimum atomic E-state index is 0.119. The number of likely N-dealkylation sites (N-methyl/N-ethyl adjacent to an activating group) is 1. The Balaban J connectivity index is 1.40. The number of hydrogen-bond acceptors (Lipinski definition) is 6. The minimum Gasteiger partial charge on any atom is -0.308 e. The van der Waals surface area contributed by atoms with Crippen LogP contribution in [-0.2, 0) is 4.79 Å². The number of benzene rings is 2. The third-order valence-electron chi connectivity index (χ3n) is 6.83. The van der Waals surface area contributed by atoms with Crippen molar-refractivity contribution in [1.29, 1.82) is 0 Å². The third kappa shape index (κ3) is 3.95. The van der Waals surface area contributed by atoms with Gasteiger partial charge in [-0.25, -0.2) is 0 Å². The molecule has 8 heteroatoms. The maximum Gasteiger partial charge on any atom is 0.237 e. The van der Waals surface area contributed by atoms with Crippen molar-refractivity contribution in [2.24, 2.45) is 0 Å². The molecule has 0 unspecified atom stereocenters. The normalized spacial score (nSPS) is 20.1. The van der Waals surface area contributed by atoms with Gasteiger partial charge in [0.05, 0.1) is 11.4 Å². The molecule has 2 aliphatic heterocycles. The number of carbonyl (C=O) groups is 1. The standard InChI is InChI=1S/C25H30N6OS/c1-15-6-7-21-19(12-15)20-13-29(5)9-8-22(20)30(21)23(32)14-33-25-26-27-28-31(25)24-17(3)10-16(2)11-18(24)4/h6-7,10-12,20,22H,8-9,13-14H2,1-5H3/t20-,22+/m1/s1. The van der Waals surface area contributed by atoms with E-state index >= 15 is 0 Å². The number of carbonyl (C=O) groups excluding carboxylic acids is 1. The average Bonchev–Trinajstić information content (AvgIpc) is 3.33. The zero-order valence-electron chi connectivity index (χ0n) is 19.9. The smallest absolute Gasteiger partial charge is 0.237 e. The summed E-state index contributed by atoms with van der Waals surface area (Å²) in [6.45, 7) is 10.3. The van der Waals surface area contributed by atoms with Gasteiger partial charge in [-0.1, -0.05) is 47.2 Å². The monoisotopic (exact) mass is 462 g/mol. The number of rotatable bonds is 4. The van der Waals surface area contributed by atoms with Crippen LogP contribution in [0.5, 0.6) is 0 Å². The molecule has 3 heterocycles. The summed E-state index contributed by atoms with van der Waals surface area (Å²) in [5, 5.41) is 13.0. The van der Waals surface area contributed by atoms with Gasteiger partial charge >= 0.3 is 0 Å². The molecule has 1 aromatic heterocycles. The van der Waals surface area contributed by atoms with Crippen LogP contribution in [-0.4, -0.2) is 62.9 Å². The highest BCUT2D eigenvalue weighted by Crippen LogP contribution is 2.45. The van der Waals surface area contributed by atoms with Crippen LogP contribution < -0.4 is 4.90 Å². The van der Waals surface area contributed by atoms with Gasteiger partial charge in [0.25, 0.3) is 0 Å². The second-order valence-electron chi connectivity index (χ2n) is 9.46. The van der Waals surface area contributed by atoms with Crippen molar-refractivity contribution in [2.45, 2.75) is 51.2 Å². The van der Waals surface area contributed by atoms with Gasteiger partial charge in [0.15, 0.2) is 0 Å². The van der Waals surface area contributed by atoms with Gasteiger partial charge in [-0.3, -0.25) is 4.79 Å². The summed E-state index contributed by atoms with van der Waals surface area (Å²) in [5.74, 6) is 0.793. The van der Waals surface area contributed by atoms with Crippen LogP contribution in [0.3, 0.4) is 0 Å². The summed E-state index contributed by atoms with van der Waals surface area (Å²) in [7, 11) is 2.17. The molecular weight excluding hydrogens is 432 g/mol. The molecule has 0 saturated carbocycles. The molecule has 0 aliphatic carbocycles. The molecule has 172 valence electrons. The largest absolute Gasteiger partial charge is 0.308 e.